The highest BCUT2D eigenvalue weighted by atomic mass is 35.5. The smallest absolute Gasteiger partial charge is 0.416 e. The lowest BCUT2D eigenvalue weighted by Gasteiger charge is -2.28. The van der Waals surface area contributed by atoms with Crippen LogP contribution in [0.15, 0.2) is 36.4 Å². The molecule has 3 N–H and O–H groups in total. The summed E-state index contributed by atoms with van der Waals surface area (Å²) in [6.45, 7) is 0. The number of carbonyl (C=O) groups is 1. The lowest BCUT2D eigenvalue weighted by atomic mass is 9.99. The molecule has 0 bridgehead atoms. The van der Waals surface area contributed by atoms with Crippen molar-refractivity contribution in [2.45, 2.75) is 49.2 Å². The molecule has 1 amide bonds. The molecule has 1 aliphatic rings. The molecule has 13 heteroatoms. The molecule has 0 unspecified atom stereocenters. The van der Waals surface area contributed by atoms with Gasteiger partial charge in [-0.25, -0.2) is 0 Å². The number of aromatic hydroxyl groups is 1. The van der Waals surface area contributed by atoms with Crippen molar-refractivity contribution in [1.29, 1.82) is 5.26 Å². The van der Waals surface area contributed by atoms with Gasteiger partial charge in [-0.05, 0) is 54.7 Å². The molecule has 5 nitrogen and oxygen atoms in total. The quantitative estimate of drug-likeness (QED) is 0.394. The van der Waals surface area contributed by atoms with Crippen LogP contribution in [-0.2, 0) is 17.4 Å². The van der Waals surface area contributed by atoms with Crippen molar-refractivity contribution in [1.82, 2.24) is 10.6 Å². The van der Waals surface area contributed by atoms with Crippen LogP contribution in [0.5, 0.6) is 5.75 Å². The lowest BCUT2D eigenvalue weighted by molar-refractivity contribution is -0.161. The number of phenols is 1. The number of amides is 1. The number of nitrogens with one attached hydrogen (secondary N) is 2. The molecule has 3 rings (SSSR count). The molecule has 0 aliphatic heterocycles. The van der Waals surface area contributed by atoms with E-state index in [-0.39, 0.29) is 22.0 Å². The van der Waals surface area contributed by atoms with Crippen molar-refractivity contribution in [2.24, 2.45) is 0 Å². The minimum absolute atomic E-state index is 0.195. The van der Waals surface area contributed by atoms with E-state index in [1.165, 1.54) is 12.1 Å². The molecule has 2 aromatic rings. The van der Waals surface area contributed by atoms with Crippen LogP contribution in [0.25, 0.3) is 0 Å². The van der Waals surface area contributed by atoms with Gasteiger partial charge in [0.25, 0.3) is 0 Å². The fourth-order valence-electron chi connectivity index (χ4n) is 3.36. The molecule has 0 radical (unpaired) electrons. The third-order valence-corrected chi connectivity index (χ3v) is 6.00. The number of hydrogen-bond donors (Lipinski definition) is 3. The van der Waals surface area contributed by atoms with E-state index in [2.05, 4.69) is 10.6 Å². The topological polar surface area (TPSA) is 85.2 Å². The van der Waals surface area contributed by atoms with E-state index in [0.717, 1.165) is 0 Å². The average molecular weight is 540 g/mol. The van der Waals surface area contributed by atoms with Gasteiger partial charge in [-0.1, -0.05) is 35.3 Å². The van der Waals surface area contributed by atoms with Crippen molar-refractivity contribution < 1.29 is 36.2 Å². The standard InChI is InChI=1S/C22H17Cl2F6N3O2/c23-14-7-11(8-15(24)17(14)34)9-16(19(35)33-20(10-31)5-6-20)32-18(22(28,29)30)12-1-3-13(4-2-12)21(25,26)27/h1-4,7-8,16,18,32,34H,5-6,9H2,(H,33,35)/t16-,18-/m0/s1. The van der Waals surface area contributed by atoms with Crippen LogP contribution in [0.2, 0.25) is 10.0 Å². The monoisotopic (exact) mass is 539 g/mol. The predicted octanol–water partition coefficient (Wildman–Crippen LogP) is 5.69. The van der Waals surface area contributed by atoms with E-state index >= 15 is 0 Å². The van der Waals surface area contributed by atoms with Gasteiger partial charge in [-0.3, -0.25) is 10.1 Å². The molecule has 0 aromatic heterocycles. The van der Waals surface area contributed by atoms with Gasteiger partial charge in [0.05, 0.1) is 27.7 Å². The largest absolute Gasteiger partial charge is 0.505 e. The van der Waals surface area contributed by atoms with Gasteiger partial charge in [-0.15, -0.1) is 0 Å². The Morgan fingerprint density at radius 2 is 1.63 bits per heavy atom. The van der Waals surface area contributed by atoms with Crippen molar-refractivity contribution >= 4 is 29.1 Å². The van der Waals surface area contributed by atoms with Crippen LogP contribution in [0.4, 0.5) is 26.3 Å². The molecular formula is C22H17Cl2F6N3O2. The van der Waals surface area contributed by atoms with Gasteiger partial charge in [-0.2, -0.15) is 31.6 Å². The van der Waals surface area contributed by atoms with E-state index < -0.39 is 52.8 Å². The zero-order chi connectivity index (χ0) is 26.2. The van der Waals surface area contributed by atoms with Crippen LogP contribution in [-0.4, -0.2) is 28.8 Å². The fraction of sp³-hybridized carbons (Fsp3) is 0.364. The molecule has 35 heavy (non-hydrogen) atoms. The van der Waals surface area contributed by atoms with Crippen molar-refractivity contribution in [3.63, 3.8) is 0 Å². The Bertz CT molecular complexity index is 1120. The molecule has 2 atom stereocenters. The fourth-order valence-corrected chi connectivity index (χ4v) is 3.89. The van der Waals surface area contributed by atoms with Crippen LogP contribution in [0.1, 0.15) is 35.6 Å². The molecule has 0 heterocycles. The maximum absolute atomic E-state index is 14.0. The summed E-state index contributed by atoms with van der Waals surface area (Å²) in [6, 6.07) is 2.59. The van der Waals surface area contributed by atoms with Crippen LogP contribution >= 0.6 is 23.2 Å². The van der Waals surface area contributed by atoms with E-state index in [1.54, 1.807) is 0 Å². The maximum atomic E-state index is 14.0. The number of phenolic OH excluding ortho intramolecular Hbond substituents is 1. The van der Waals surface area contributed by atoms with Gasteiger partial charge in [0.15, 0.2) is 5.75 Å². The zero-order valence-electron chi connectivity index (χ0n) is 17.6. The van der Waals surface area contributed by atoms with E-state index in [9.17, 15) is 41.5 Å². The molecule has 2 aromatic carbocycles. The third kappa shape index (κ3) is 6.51. The Kier molecular flexibility index (Phi) is 7.50. The molecular weight excluding hydrogens is 523 g/mol. The zero-order valence-corrected chi connectivity index (χ0v) is 19.1. The van der Waals surface area contributed by atoms with E-state index in [0.29, 0.717) is 37.1 Å². The molecule has 0 spiro atoms. The number of carbonyl (C=O) groups excluding carboxylic acids is 1. The summed E-state index contributed by atoms with van der Waals surface area (Å²) in [6.07, 6.45) is -9.48. The first-order valence-corrected chi connectivity index (χ1v) is 10.8. The molecule has 1 saturated carbocycles. The van der Waals surface area contributed by atoms with E-state index in [4.69, 9.17) is 23.2 Å². The Hall–Kier alpha value is -2.68. The minimum atomic E-state index is -4.99. The van der Waals surface area contributed by atoms with Crippen LogP contribution in [0, 0.1) is 11.3 Å². The number of nitrogens with zero attached hydrogens (tertiary/aromatic N) is 1. The normalized spacial score (nSPS) is 16.8. The number of alkyl halides is 6. The summed E-state index contributed by atoms with van der Waals surface area (Å²) in [5, 5.41) is 23.2. The highest BCUT2D eigenvalue weighted by Crippen LogP contribution is 2.38. The highest BCUT2D eigenvalue weighted by Gasteiger charge is 2.47. The number of halogens is 8. The highest BCUT2D eigenvalue weighted by molar-refractivity contribution is 6.37. The van der Waals surface area contributed by atoms with Gasteiger partial charge in [0, 0.05) is 0 Å². The average Bonchev–Trinajstić information content (AvgIpc) is 3.53. The molecule has 1 aliphatic carbocycles. The molecule has 1 fully saturated rings. The Balaban J connectivity index is 1.95. The number of hydrogen-bond acceptors (Lipinski definition) is 4. The first kappa shape index (κ1) is 26.9. The summed E-state index contributed by atoms with van der Waals surface area (Å²) in [7, 11) is 0. The Labute approximate surface area is 205 Å². The number of benzene rings is 2. The van der Waals surface area contributed by atoms with E-state index in [1.807, 2.05) is 6.07 Å². The van der Waals surface area contributed by atoms with Gasteiger partial charge in [0.2, 0.25) is 5.91 Å². The molecule has 0 saturated heterocycles. The second-order valence-corrected chi connectivity index (χ2v) is 8.92. The van der Waals surface area contributed by atoms with Gasteiger partial charge >= 0.3 is 12.4 Å². The second kappa shape index (κ2) is 9.76. The van der Waals surface area contributed by atoms with Crippen molar-refractivity contribution in [3.05, 3.63) is 63.1 Å². The second-order valence-electron chi connectivity index (χ2n) is 8.11. The lowest BCUT2D eigenvalue weighted by Crippen LogP contribution is -2.52. The first-order valence-electron chi connectivity index (χ1n) is 10.1. The van der Waals surface area contributed by atoms with Crippen LogP contribution in [0.3, 0.4) is 0 Å². The molecule has 188 valence electrons. The summed E-state index contributed by atoms with van der Waals surface area (Å²) < 4.78 is 80.4. The Morgan fingerprint density at radius 1 is 1.09 bits per heavy atom. The number of rotatable bonds is 7. The SMILES string of the molecule is N#CC1(NC(=O)[C@H](Cc2cc(Cl)c(O)c(Cl)c2)N[C@@H](c2ccc(C(F)(F)F)cc2)C(F)(F)F)CC1. The summed E-state index contributed by atoms with van der Waals surface area (Å²) in [4.78, 5) is 12.9. The van der Waals surface area contributed by atoms with Crippen molar-refractivity contribution in [2.75, 3.05) is 0 Å². The van der Waals surface area contributed by atoms with Crippen molar-refractivity contribution in [3.8, 4) is 11.8 Å². The Morgan fingerprint density at radius 3 is 2.06 bits per heavy atom. The first-order chi connectivity index (χ1) is 16.1. The van der Waals surface area contributed by atoms with Crippen LogP contribution < -0.4 is 10.6 Å². The summed E-state index contributed by atoms with van der Waals surface area (Å²) >= 11 is 11.8. The summed E-state index contributed by atoms with van der Waals surface area (Å²) in [5.41, 5.74) is -2.68. The summed E-state index contributed by atoms with van der Waals surface area (Å²) in [5.74, 6) is -1.38. The predicted molar refractivity (Wildman–Crippen MR) is 115 cm³/mol. The van der Waals surface area contributed by atoms with Gasteiger partial charge < -0.3 is 10.4 Å². The maximum Gasteiger partial charge on any atom is 0.416 e. The minimum Gasteiger partial charge on any atom is -0.505 e. The number of nitriles is 1. The third-order valence-electron chi connectivity index (χ3n) is 5.43. The van der Waals surface area contributed by atoms with Gasteiger partial charge in [0.1, 0.15) is 11.6 Å².